The molecule has 0 N–H and O–H groups in total. The summed E-state index contributed by atoms with van der Waals surface area (Å²) in [6.07, 6.45) is 0. The van der Waals surface area contributed by atoms with Gasteiger partial charge >= 0.3 is 11.9 Å². The Labute approximate surface area is 93.3 Å². The van der Waals surface area contributed by atoms with E-state index in [0.717, 1.165) is 11.8 Å². The van der Waals surface area contributed by atoms with E-state index in [1.54, 1.807) is 0 Å². The van der Waals surface area contributed by atoms with Crippen LogP contribution in [0.1, 0.15) is 0 Å². The van der Waals surface area contributed by atoms with Gasteiger partial charge in [0.2, 0.25) is 0 Å². The Morgan fingerprint density at radius 2 is 1.00 bits per heavy atom. The summed E-state index contributed by atoms with van der Waals surface area (Å²) >= 11 is 0. The summed E-state index contributed by atoms with van der Waals surface area (Å²) in [6, 6.07) is 0. The number of carbonyl (C=O) groups excluding carboxylic acids is 2. The highest BCUT2D eigenvalue weighted by Gasteiger charge is 2.89. The maximum absolute atomic E-state index is 11.6. The molecule has 4 aliphatic carbocycles. The van der Waals surface area contributed by atoms with Gasteiger partial charge < -0.3 is 9.47 Å². The zero-order valence-corrected chi connectivity index (χ0v) is 9.25. The number of esters is 2. The molecule has 0 radical (unpaired) electrons. The van der Waals surface area contributed by atoms with Crippen molar-refractivity contribution >= 4 is 11.9 Å². The van der Waals surface area contributed by atoms with Crippen LogP contribution in [0.25, 0.3) is 0 Å². The van der Waals surface area contributed by atoms with E-state index in [4.69, 9.17) is 9.47 Å². The molecular weight excluding hydrogens is 208 g/mol. The van der Waals surface area contributed by atoms with Crippen molar-refractivity contribution < 1.29 is 19.1 Å². The maximum Gasteiger partial charge on any atom is 0.309 e. The number of carbonyl (C=O) groups is 2. The molecule has 0 saturated heterocycles. The molecule has 86 valence electrons. The largest absolute Gasteiger partial charge is 0.469 e. The summed E-state index contributed by atoms with van der Waals surface area (Å²) in [6.45, 7) is 0. The molecule has 16 heavy (non-hydrogen) atoms. The lowest BCUT2D eigenvalue weighted by atomic mass is 9.14. The van der Waals surface area contributed by atoms with Crippen LogP contribution >= 0.6 is 0 Å². The van der Waals surface area contributed by atoms with Gasteiger partial charge in [-0.05, 0) is 35.5 Å². The van der Waals surface area contributed by atoms with Gasteiger partial charge in [0.25, 0.3) is 0 Å². The molecule has 0 spiro atoms. The molecule has 0 aromatic carbocycles. The van der Waals surface area contributed by atoms with Crippen LogP contribution in [0.15, 0.2) is 0 Å². The minimum Gasteiger partial charge on any atom is -0.469 e. The van der Waals surface area contributed by atoms with E-state index in [1.807, 2.05) is 0 Å². The molecule has 4 aliphatic rings. The minimum absolute atomic E-state index is 0.0669. The zero-order chi connectivity index (χ0) is 11.2. The lowest BCUT2D eigenvalue weighted by Crippen LogP contribution is -2.89. The predicted octanol–water partition coefficient (Wildman–Crippen LogP) is 0.316. The van der Waals surface area contributed by atoms with Crippen LogP contribution in [0.2, 0.25) is 0 Å². The third-order valence-corrected chi connectivity index (χ3v) is 5.72. The van der Waals surface area contributed by atoms with Crippen molar-refractivity contribution in [1.29, 1.82) is 0 Å². The second kappa shape index (κ2) is 2.44. The molecule has 0 aromatic heterocycles. The first kappa shape index (κ1) is 9.02. The van der Waals surface area contributed by atoms with Crippen molar-refractivity contribution in [2.75, 3.05) is 14.2 Å². The first-order valence-electron chi connectivity index (χ1n) is 5.88. The van der Waals surface area contributed by atoms with E-state index >= 15 is 0 Å². The van der Waals surface area contributed by atoms with Crippen LogP contribution in [0.3, 0.4) is 0 Å². The van der Waals surface area contributed by atoms with Gasteiger partial charge in [0.1, 0.15) is 0 Å². The normalized spacial score (nSPS) is 57.9. The number of ether oxygens (including phenoxy) is 2. The number of rotatable bonds is 2. The highest BCUT2D eigenvalue weighted by Crippen LogP contribution is 2.88. The molecule has 4 rings (SSSR count). The van der Waals surface area contributed by atoms with Crippen molar-refractivity contribution in [2.24, 2.45) is 47.3 Å². The number of hydrogen-bond donors (Lipinski definition) is 0. The van der Waals surface area contributed by atoms with Gasteiger partial charge in [0, 0.05) is 0 Å². The van der Waals surface area contributed by atoms with Crippen molar-refractivity contribution in [3.05, 3.63) is 0 Å². The zero-order valence-electron chi connectivity index (χ0n) is 9.25. The molecule has 0 bridgehead atoms. The molecule has 4 fully saturated rings. The number of hydrogen-bond acceptors (Lipinski definition) is 4. The van der Waals surface area contributed by atoms with Crippen LogP contribution in [-0.2, 0) is 19.1 Å². The third-order valence-electron chi connectivity index (χ3n) is 5.72. The number of methoxy groups -OCH3 is 2. The molecule has 4 nitrogen and oxygen atoms in total. The Morgan fingerprint density at radius 1 is 0.688 bits per heavy atom. The van der Waals surface area contributed by atoms with Crippen LogP contribution in [0, 0.1) is 47.3 Å². The van der Waals surface area contributed by atoms with Crippen LogP contribution < -0.4 is 0 Å². The van der Waals surface area contributed by atoms with Gasteiger partial charge in [-0.15, -0.1) is 0 Å². The Kier molecular flexibility index (Phi) is 1.37. The molecule has 4 heteroatoms. The SMILES string of the molecule is COC(=O)C1[C@H]2C3C4[C@@H]2C(C(=O)OC)[C@@H]4[C@@H]13. The molecule has 0 aliphatic heterocycles. The van der Waals surface area contributed by atoms with Crippen LogP contribution in [0.4, 0.5) is 0 Å². The van der Waals surface area contributed by atoms with E-state index in [-0.39, 0.29) is 23.8 Å². The summed E-state index contributed by atoms with van der Waals surface area (Å²) < 4.78 is 9.68. The third kappa shape index (κ3) is 0.611. The van der Waals surface area contributed by atoms with Gasteiger partial charge in [-0.25, -0.2) is 0 Å². The first-order chi connectivity index (χ1) is 7.72. The summed E-state index contributed by atoms with van der Waals surface area (Å²) in [5.74, 6) is 3.23. The van der Waals surface area contributed by atoms with Crippen LogP contribution in [0.5, 0.6) is 0 Å². The Bertz CT molecular complexity index is 346. The second-order valence-electron chi connectivity index (χ2n) is 5.56. The molecule has 0 amide bonds. The Balaban J connectivity index is 1.58. The summed E-state index contributed by atoms with van der Waals surface area (Å²) in [7, 11) is 2.90. The molecule has 0 unspecified atom stereocenters. The summed E-state index contributed by atoms with van der Waals surface area (Å²) in [5.41, 5.74) is 0. The fourth-order valence-corrected chi connectivity index (χ4v) is 5.31. The van der Waals surface area contributed by atoms with Crippen molar-refractivity contribution in [3.63, 3.8) is 0 Å². The average molecular weight is 222 g/mol. The summed E-state index contributed by atoms with van der Waals surface area (Å²) in [5, 5.41) is 0. The van der Waals surface area contributed by atoms with Crippen LogP contribution in [-0.4, -0.2) is 26.2 Å². The quantitative estimate of drug-likeness (QED) is 0.631. The fraction of sp³-hybridized carbons (Fsp3) is 0.833. The fourth-order valence-electron chi connectivity index (χ4n) is 5.31. The second-order valence-corrected chi connectivity index (χ2v) is 5.56. The topological polar surface area (TPSA) is 52.6 Å². The van der Waals surface area contributed by atoms with Crippen molar-refractivity contribution in [2.45, 2.75) is 0 Å². The van der Waals surface area contributed by atoms with Gasteiger partial charge in [0.05, 0.1) is 26.1 Å². The molecular formula is C12H14O4. The lowest BCUT2D eigenvalue weighted by molar-refractivity contribution is -0.422. The average Bonchev–Trinajstić information content (AvgIpc) is 2.32. The lowest BCUT2D eigenvalue weighted by Gasteiger charge is -2.88. The van der Waals surface area contributed by atoms with Gasteiger partial charge in [-0.1, -0.05) is 0 Å². The first-order valence-corrected chi connectivity index (χ1v) is 5.88. The smallest absolute Gasteiger partial charge is 0.309 e. The Morgan fingerprint density at radius 3 is 1.25 bits per heavy atom. The predicted molar refractivity (Wildman–Crippen MR) is 52.0 cm³/mol. The molecule has 4 atom stereocenters. The van der Waals surface area contributed by atoms with E-state index < -0.39 is 0 Å². The van der Waals surface area contributed by atoms with E-state index in [9.17, 15) is 9.59 Å². The van der Waals surface area contributed by atoms with Gasteiger partial charge in [-0.3, -0.25) is 9.59 Å². The van der Waals surface area contributed by atoms with Gasteiger partial charge in [-0.2, -0.15) is 0 Å². The van der Waals surface area contributed by atoms with Gasteiger partial charge in [0.15, 0.2) is 0 Å². The number of fused-ring (bicyclic) bond motifs is 2. The highest BCUT2D eigenvalue weighted by molar-refractivity contribution is 5.81. The van der Waals surface area contributed by atoms with Crippen molar-refractivity contribution in [3.8, 4) is 0 Å². The monoisotopic (exact) mass is 222 g/mol. The molecule has 0 heterocycles. The molecule has 0 aromatic rings. The summed E-state index contributed by atoms with van der Waals surface area (Å²) in [4.78, 5) is 23.2. The highest BCUT2D eigenvalue weighted by atomic mass is 16.5. The molecule has 4 saturated carbocycles. The standard InChI is InChI=1S/C12H14O4/c1-15-11(13)9-5-3-4-7(5)10(12(14)16-2)8(4)6(3)9/h3-10H,1-2H3/t3?,4?,5-,6-,7-,8-,9?,10?/m0/s1. The minimum atomic E-state index is -0.0669. The van der Waals surface area contributed by atoms with E-state index in [1.165, 1.54) is 14.2 Å². The van der Waals surface area contributed by atoms with E-state index in [2.05, 4.69) is 0 Å². The van der Waals surface area contributed by atoms with Crippen molar-refractivity contribution in [1.82, 2.24) is 0 Å². The van der Waals surface area contributed by atoms with E-state index in [0.29, 0.717) is 23.7 Å². The maximum atomic E-state index is 11.6. The Hall–Kier alpha value is -1.06.